The van der Waals surface area contributed by atoms with E-state index in [2.05, 4.69) is 15.6 Å². The summed E-state index contributed by atoms with van der Waals surface area (Å²) in [5.41, 5.74) is 0.460. The molecule has 2 aromatic heterocycles. The Bertz CT molecular complexity index is 1600. The zero-order valence-electron chi connectivity index (χ0n) is 20.3. The minimum Gasteiger partial charge on any atom is -0.493 e. The molecule has 1 aliphatic rings. The number of urea groups is 1. The summed E-state index contributed by atoms with van der Waals surface area (Å²) in [5, 5.41) is 15.5. The Morgan fingerprint density at radius 2 is 1.72 bits per heavy atom. The van der Waals surface area contributed by atoms with E-state index in [9.17, 15) is 23.5 Å². The first-order chi connectivity index (χ1) is 18.8. The van der Waals surface area contributed by atoms with Gasteiger partial charge >= 0.3 is 12.1 Å². The minimum atomic E-state index is -0.761. The van der Waals surface area contributed by atoms with Crippen molar-refractivity contribution in [3.05, 3.63) is 83.4 Å². The van der Waals surface area contributed by atoms with Gasteiger partial charge in [0.1, 0.15) is 17.4 Å². The Kier molecular flexibility index (Phi) is 7.23. The molecule has 0 aliphatic carbocycles. The average molecular weight is 553 g/mol. The van der Waals surface area contributed by atoms with Gasteiger partial charge < -0.3 is 20.1 Å². The topological polar surface area (TPSA) is 114 Å². The second-order valence-electron chi connectivity index (χ2n) is 8.63. The summed E-state index contributed by atoms with van der Waals surface area (Å²) in [6.45, 7) is 1.37. The van der Waals surface area contributed by atoms with Crippen LogP contribution in [0.5, 0.6) is 17.4 Å². The van der Waals surface area contributed by atoms with E-state index in [1.165, 1.54) is 59.3 Å². The van der Waals surface area contributed by atoms with Crippen LogP contribution in [0.3, 0.4) is 0 Å². The Morgan fingerprint density at radius 1 is 0.974 bits per heavy atom. The normalized spacial score (nSPS) is 12.8. The van der Waals surface area contributed by atoms with Crippen molar-refractivity contribution in [2.75, 3.05) is 23.7 Å². The maximum atomic E-state index is 14.8. The van der Waals surface area contributed by atoms with E-state index in [1.54, 1.807) is 4.90 Å². The number of amides is 3. The largest absolute Gasteiger partial charge is 0.493 e. The lowest BCUT2D eigenvalue weighted by molar-refractivity contribution is 0.222. The van der Waals surface area contributed by atoms with Crippen molar-refractivity contribution in [1.82, 2.24) is 19.0 Å². The molecule has 10 nitrogen and oxygen atoms in total. The number of carbonyl (C=O) groups is 2. The van der Waals surface area contributed by atoms with Gasteiger partial charge in [-0.25, -0.2) is 27.9 Å². The van der Waals surface area contributed by atoms with Gasteiger partial charge in [-0.2, -0.15) is 0 Å². The zero-order chi connectivity index (χ0) is 27.5. The molecule has 200 valence electrons. The highest BCUT2D eigenvalue weighted by Crippen LogP contribution is 2.28. The molecule has 0 spiro atoms. The number of hydrogen-bond donors (Lipinski definition) is 3. The number of imidazole rings is 1. The van der Waals surface area contributed by atoms with Crippen LogP contribution in [0.4, 0.5) is 29.9 Å². The fraction of sp³-hybridized carbons (Fsp3) is 0.154. The zero-order valence-corrected chi connectivity index (χ0v) is 21.1. The van der Waals surface area contributed by atoms with Gasteiger partial charge in [-0.15, -0.1) is 0 Å². The molecule has 3 N–H and O–H groups in total. The molecule has 0 unspecified atom stereocenters. The van der Waals surface area contributed by atoms with E-state index in [1.807, 2.05) is 0 Å². The Hall–Kier alpha value is -4.78. The quantitative estimate of drug-likeness (QED) is 0.266. The van der Waals surface area contributed by atoms with Crippen LogP contribution in [-0.2, 0) is 0 Å². The van der Waals surface area contributed by atoms with Crippen molar-refractivity contribution < 1.29 is 28.2 Å². The summed E-state index contributed by atoms with van der Waals surface area (Å²) >= 11 is 5.29. The van der Waals surface area contributed by atoms with E-state index in [4.69, 9.17) is 17.0 Å². The number of likely N-dealkylation sites (tertiary alicyclic amines) is 1. The molecule has 13 heteroatoms. The third-order valence-corrected chi connectivity index (χ3v) is 6.32. The highest BCUT2D eigenvalue weighted by atomic mass is 32.1. The fourth-order valence-corrected chi connectivity index (χ4v) is 4.37. The smallest absolute Gasteiger partial charge is 0.332 e. The number of benzene rings is 2. The van der Waals surface area contributed by atoms with Crippen LogP contribution in [-0.4, -0.2) is 49.3 Å². The fourth-order valence-electron chi connectivity index (χ4n) is 4.04. The molecular formula is C26H22F2N6O4S. The van der Waals surface area contributed by atoms with E-state index < -0.39 is 17.7 Å². The molecule has 5 rings (SSSR count). The Labute approximate surface area is 226 Å². The molecule has 1 aliphatic heterocycles. The van der Waals surface area contributed by atoms with E-state index in [0.717, 1.165) is 29.7 Å². The molecule has 0 saturated carbocycles. The average Bonchev–Trinajstić information content (AvgIpc) is 3.55. The lowest BCUT2D eigenvalue weighted by Gasteiger charge is -2.16. The number of carbonyl (C=O) groups excluding carboxylic acids is 2. The second-order valence-corrected chi connectivity index (χ2v) is 9.00. The molecule has 0 radical (unpaired) electrons. The first-order valence-electron chi connectivity index (χ1n) is 11.9. The summed E-state index contributed by atoms with van der Waals surface area (Å²) in [6.07, 6.45) is 4.44. The number of ether oxygens (including phenoxy) is 1. The lowest BCUT2D eigenvalue weighted by Crippen LogP contribution is -2.32. The molecule has 0 bridgehead atoms. The monoisotopic (exact) mass is 552 g/mol. The minimum absolute atomic E-state index is 0.0812. The molecule has 3 amide bonds. The van der Waals surface area contributed by atoms with Crippen LogP contribution in [0.25, 0.3) is 5.69 Å². The third kappa shape index (κ3) is 5.72. The maximum Gasteiger partial charge on any atom is 0.332 e. The molecule has 1 fully saturated rings. The summed E-state index contributed by atoms with van der Waals surface area (Å²) in [4.78, 5) is 30.9. The second kappa shape index (κ2) is 10.9. The van der Waals surface area contributed by atoms with Crippen LogP contribution >= 0.6 is 12.2 Å². The number of nitrogens with zero attached hydrogens (tertiary/aromatic N) is 4. The maximum absolute atomic E-state index is 14.8. The number of aromatic nitrogens is 3. The van der Waals surface area contributed by atoms with Gasteiger partial charge in [-0.05, 0) is 67.5 Å². The van der Waals surface area contributed by atoms with Crippen LogP contribution in [0, 0.1) is 16.4 Å². The summed E-state index contributed by atoms with van der Waals surface area (Å²) < 4.78 is 35.8. The first-order valence-corrected chi connectivity index (χ1v) is 12.3. The predicted octanol–water partition coefficient (Wildman–Crippen LogP) is 5.89. The van der Waals surface area contributed by atoms with E-state index in [-0.39, 0.29) is 39.7 Å². The number of rotatable bonds is 5. The van der Waals surface area contributed by atoms with E-state index >= 15 is 0 Å². The van der Waals surface area contributed by atoms with Gasteiger partial charge in [-0.1, -0.05) is 0 Å². The van der Waals surface area contributed by atoms with Crippen molar-refractivity contribution in [1.29, 1.82) is 0 Å². The molecule has 39 heavy (non-hydrogen) atoms. The Morgan fingerprint density at radius 3 is 2.44 bits per heavy atom. The predicted molar refractivity (Wildman–Crippen MR) is 141 cm³/mol. The number of hydrogen-bond acceptors (Lipinski definition) is 6. The van der Waals surface area contributed by atoms with Crippen LogP contribution in [0.2, 0.25) is 0 Å². The van der Waals surface area contributed by atoms with Crippen LogP contribution < -0.4 is 15.4 Å². The number of pyridine rings is 1. The van der Waals surface area contributed by atoms with Crippen molar-refractivity contribution >= 4 is 35.8 Å². The number of anilines is 2. The molecule has 1 saturated heterocycles. The number of aromatic hydroxyl groups is 1. The van der Waals surface area contributed by atoms with Crippen LogP contribution in [0.1, 0.15) is 12.8 Å². The summed E-state index contributed by atoms with van der Waals surface area (Å²) in [6, 6.07) is 11.0. The molecule has 2 aromatic carbocycles. The van der Waals surface area contributed by atoms with Crippen molar-refractivity contribution in [2.45, 2.75) is 12.8 Å². The molecule has 0 atom stereocenters. The van der Waals surface area contributed by atoms with E-state index in [0.29, 0.717) is 18.8 Å². The van der Waals surface area contributed by atoms with Gasteiger partial charge in [0, 0.05) is 37.1 Å². The molecular weight excluding hydrogens is 530 g/mol. The summed E-state index contributed by atoms with van der Waals surface area (Å²) in [7, 11) is 0. The van der Waals surface area contributed by atoms with Gasteiger partial charge in [0.2, 0.25) is 5.88 Å². The molecule has 3 heterocycles. The van der Waals surface area contributed by atoms with Crippen molar-refractivity contribution in [3.8, 4) is 23.1 Å². The van der Waals surface area contributed by atoms with Gasteiger partial charge in [-0.3, -0.25) is 9.88 Å². The van der Waals surface area contributed by atoms with Gasteiger partial charge in [0.25, 0.3) is 0 Å². The molecule has 4 aromatic rings. The highest BCUT2D eigenvalue weighted by molar-refractivity contribution is 7.71. The standard InChI is InChI=1S/C26H22F2N6O4S/c27-16-3-6-18(7-4-16)34-23(35)15-33(26(34)39)25(37)30-17-5-8-21(20(28)13-17)38-19-9-10-29-22(14-19)31-24(36)32-11-1-2-12-32/h3-10,13-15,35H,1-2,11-12H2,(H,30,37)(H,29,31,36). The van der Waals surface area contributed by atoms with Crippen molar-refractivity contribution in [3.63, 3.8) is 0 Å². The highest BCUT2D eigenvalue weighted by Gasteiger charge is 2.19. The van der Waals surface area contributed by atoms with Crippen LogP contribution in [0.15, 0.2) is 67.0 Å². The Balaban J connectivity index is 1.27. The lowest BCUT2D eigenvalue weighted by atomic mass is 10.3. The summed E-state index contributed by atoms with van der Waals surface area (Å²) in [5.74, 6) is -1.17. The third-order valence-electron chi connectivity index (χ3n) is 5.95. The van der Waals surface area contributed by atoms with Gasteiger partial charge in [0.15, 0.2) is 16.3 Å². The first kappa shape index (κ1) is 25.9. The number of halogens is 2. The number of nitrogens with one attached hydrogen (secondary N) is 2. The van der Waals surface area contributed by atoms with Crippen molar-refractivity contribution in [2.24, 2.45) is 0 Å². The van der Waals surface area contributed by atoms with Gasteiger partial charge in [0.05, 0.1) is 11.9 Å². The SMILES string of the molecule is O=C(Nc1cc(Oc2ccc(NC(=O)n3cc(O)n(-c4ccc(F)cc4)c3=S)cc2F)ccn1)N1CCCC1.